The minimum Gasteiger partial charge on any atom is -0.486 e. The van der Waals surface area contributed by atoms with Crippen LogP contribution >= 0.6 is 23.1 Å². The Morgan fingerprint density at radius 1 is 1.23 bits per heavy atom. The minimum absolute atomic E-state index is 0.0756. The summed E-state index contributed by atoms with van der Waals surface area (Å²) in [5.74, 6) is 2.55. The first-order valence-corrected chi connectivity index (χ1v) is 11.9. The molecule has 0 aliphatic carbocycles. The number of carbonyl (C=O) groups is 1. The third-order valence-corrected chi connectivity index (χ3v) is 6.27. The Morgan fingerprint density at radius 2 is 2.03 bits per heavy atom. The molecular weight excluding hydrogens is 416 g/mol. The van der Waals surface area contributed by atoms with Crippen LogP contribution in [0.2, 0.25) is 0 Å². The smallest absolute Gasteiger partial charge is 0.233 e. The average Bonchev–Trinajstić information content (AvgIpc) is 3.39. The van der Waals surface area contributed by atoms with Crippen LogP contribution in [0.5, 0.6) is 5.75 Å². The molecule has 3 rings (SSSR count). The molecule has 0 aliphatic heterocycles. The van der Waals surface area contributed by atoms with Gasteiger partial charge in [-0.2, -0.15) is 11.3 Å². The van der Waals surface area contributed by atoms with Gasteiger partial charge in [-0.1, -0.05) is 43.8 Å². The number of nitrogens with zero attached hydrogens (tertiary/aromatic N) is 4. The summed E-state index contributed by atoms with van der Waals surface area (Å²) in [6, 6.07) is 11.7. The molecule has 8 heteroatoms. The lowest BCUT2D eigenvalue weighted by molar-refractivity contribution is -0.127. The van der Waals surface area contributed by atoms with E-state index < -0.39 is 0 Å². The Morgan fingerprint density at radius 3 is 2.73 bits per heavy atom. The van der Waals surface area contributed by atoms with E-state index in [0.717, 1.165) is 35.3 Å². The van der Waals surface area contributed by atoms with E-state index in [2.05, 4.69) is 34.0 Å². The minimum atomic E-state index is 0.0756. The summed E-state index contributed by atoms with van der Waals surface area (Å²) in [5, 5.41) is 13.5. The van der Waals surface area contributed by atoms with Crippen LogP contribution in [0.1, 0.15) is 31.7 Å². The fourth-order valence-electron chi connectivity index (χ4n) is 2.79. The number of aromatic nitrogens is 3. The summed E-state index contributed by atoms with van der Waals surface area (Å²) >= 11 is 3.08. The zero-order valence-electron chi connectivity index (χ0n) is 17.7. The summed E-state index contributed by atoms with van der Waals surface area (Å²) in [7, 11) is 1.84. The molecule has 0 aliphatic rings. The van der Waals surface area contributed by atoms with Crippen molar-refractivity contribution in [2.45, 2.75) is 45.1 Å². The normalized spacial score (nSPS) is 11.1. The molecule has 0 bridgehead atoms. The predicted molar refractivity (Wildman–Crippen MR) is 122 cm³/mol. The number of carbonyl (C=O) groups excluding carboxylic acids is 1. The van der Waals surface area contributed by atoms with E-state index >= 15 is 0 Å². The first-order chi connectivity index (χ1) is 14.5. The molecule has 160 valence electrons. The SMILES string of the molecule is CC(C)CCn1c(COc2ccccc2)nnc1SCC(=O)N(C)Cc1ccsc1. The van der Waals surface area contributed by atoms with E-state index in [1.807, 2.05) is 48.8 Å². The molecule has 1 amide bonds. The number of ether oxygens (including phenoxy) is 1. The summed E-state index contributed by atoms with van der Waals surface area (Å²) in [5.41, 5.74) is 1.15. The summed E-state index contributed by atoms with van der Waals surface area (Å²) in [6.07, 6.45) is 1.01. The van der Waals surface area contributed by atoms with Gasteiger partial charge in [-0.15, -0.1) is 10.2 Å². The molecule has 0 fully saturated rings. The summed E-state index contributed by atoms with van der Waals surface area (Å²) in [4.78, 5) is 14.3. The fourth-order valence-corrected chi connectivity index (χ4v) is 4.37. The molecule has 0 atom stereocenters. The van der Waals surface area contributed by atoms with E-state index in [1.54, 1.807) is 16.2 Å². The highest BCUT2D eigenvalue weighted by molar-refractivity contribution is 7.99. The second kappa shape index (κ2) is 11.2. The Balaban J connectivity index is 1.62. The lowest BCUT2D eigenvalue weighted by Crippen LogP contribution is -2.27. The number of thiophene rings is 1. The molecule has 1 aromatic carbocycles. The number of thioether (sulfide) groups is 1. The van der Waals surface area contributed by atoms with Crippen molar-refractivity contribution in [3.8, 4) is 5.75 Å². The summed E-state index contributed by atoms with van der Waals surface area (Å²) in [6.45, 7) is 6.17. The molecule has 0 spiro atoms. The van der Waals surface area contributed by atoms with Gasteiger partial charge in [-0.25, -0.2) is 0 Å². The van der Waals surface area contributed by atoms with E-state index in [0.29, 0.717) is 24.8 Å². The first kappa shape index (κ1) is 22.4. The van der Waals surface area contributed by atoms with Gasteiger partial charge in [0, 0.05) is 20.1 Å². The van der Waals surface area contributed by atoms with Crippen molar-refractivity contribution < 1.29 is 9.53 Å². The van der Waals surface area contributed by atoms with Crippen LogP contribution in [0.3, 0.4) is 0 Å². The molecule has 0 N–H and O–H groups in total. The van der Waals surface area contributed by atoms with Crippen LogP contribution in [0.25, 0.3) is 0 Å². The van der Waals surface area contributed by atoms with Gasteiger partial charge in [0.25, 0.3) is 0 Å². The van der Waals surface area contributed by atoms with Crippen LogP contribution in [0, 0.1) is 5.92 Å². The molecular formula is C22H28N4O2S2. The first-order valence-electron chi connectivity index (χ1n) is 10.0. The van der Waals surface area contributed by atoms with Gasteiger partial charge in [0.05, 0.1) is 5.75 Å². The van der Waals surface area contributed by atoms with Gasteiger partial charge < -0.3 is 14.2 Å². The average molecular weight is 445 g/mol. The van der Waals surface area contributed by atoms with Gasteiger partial charge >= 0.3 is 0 Å². The second-order valence-corrected chi connectivity index (χ2v) is 9.23. The van der Waals surface area contributed by atoms with Crippen molar-refractivity contribution >= 4 is 29.0 Å². The number of amides is 1. The topological polar surface area (TPSA) is 60.2 Å². The van der Waals surface area contributed by atoms with Crippen molar-refractivity contribution in [3.63, 3.8) is 0 Å². The highest BCUT2D eigenvalue weighted by Crippen LogP contribution is 2.21. The quantitative estimate of drug-likeness (QED) is 0.401. The molecule has 6 nitrogen and oxygen atoms in total. The molecule has 0 saturated carbocycles. The largest absolute Gasteiger partial charge is 0.486 e. The monoisotopic (exact) mass is 444 g/mol. The molecule has 0 saturated heterocycles. The molecule has 2 aromatic heterocycles. The third-order valence-electron chi connectivity index (χ3n) is 4.58. The molecule has 0 unspecified atom stereocenters. The standard InChI is InChI=1S/C22H28N4O2S2/c1-17(2)9-11-26-20(14-28-19-7-5-4-6-8-19)23-24-22(26)30-16-21(27)25(3)13-18-10-12-29-15-18/h4-8,10,12,15,17H,9,11,13-14,16H2,1-3H3. The highest BCUT2D eigenvalue weighted by atomic mass is 32.2. The van der Waals surface area contributed by atoms with Gasteiger partial charge in [-0.05, 0) is 46.9 Å². The van der Waals surface area contributed by atoms with E-state index in [-0.39, 0.29) is 5.91 Å². The molecule has 0 radical (unpaired) electrons. The molecule has 3 aromatic rings. The van der Waals surface area contributed by atoms with Gasteiger partial charge in [0.15, 0.2) is 11.0 Å². The van der Waals surface area contributed by atoms with Gasteiger partial charge in [0.2, 0.25) is 5.91 Å². The number of para-hydroxylation sites is 1. The zero-order valence-corrected chi connectivity index (χ0v) is 19.3. The maximum absolute atomic E-state index is 12.6. The van der Waals surface area contributed by atoms with Crippen molar-refractivity contribution in [2.75, 3.05) is 12.8 Å². The predicted octanol–water partition coefficient (Wildman–Crippen LogP) is 4.72. The van der Waals surface area contributed by atoms with E-state index in [1.165, 1.54) is 11.8 Å². The van der Waals surface area contributed by atoms with E-state index in [9.17, 15) is 4.79 Å². The number of benzene rings is 1. The van der Waals surface area contributed by atoms with Crippen molar-refractivity contribution in [2.24, 2.45) is 5.92 Å². The zero-order chi connectivity index (χ0) is 21.3. The Bertz CT molecular complexity index is 911. The fraction of sp³-hybridized carbons (Fsp3) is 0.409. The Labute approximate surface area is 186 Å². The van der Waals surface area contributed by atoms with Crippen LogP contribution in [-0.4, -0.2) is 38.4 Å². The highest BCUT2D eigenvalue weighted by Gasteiger charge is 2.17. The van der Waals surface area contributed by atoms with Crippen molar-refractivity contribution in [3.05, 3.63) is 58.5 Å². The second-order valence-electron chi connectivity index (χ2n) is 7.50. The van der Waals surface area contributed by atoms with Crippen LogP contribution in [-0.2, 0) is 24.5 Å². The maximum Gasteiger partial charge on any atom is 0.233 e. The number of rotatable bonds is 11. The Kier molecular flexibility index (Phi) is 8.33. The van der Waals surface area contributed by atoms with Crippen molar-refractivity contribution in [1.82, 2.24) is 19.7 Å². The number of hydrogen-bond acceptors (Lipinski definition) is 6. The maximum atomic E-state index is 12.6. The lowest BCUT2D eigenvalue weighted by atomic mass is 10.1. The van der Waals surface area contributed by atoms with Crippen molar-refractivity contribution in [1.29, 1.82) is 0 Å². The van der Waals surface area contributed by atoms with E-state index in [4.69, 9.17) is 4.74 Å². The number of hydrogen-bond donors (Lipinski definition) is 0. The third kappa shape index (κ3) is 6.60. The molecule has 2 heterocycles. The van der Waals surface area contributed by atoms with Gasteiger partial charge in [0.1, 0.15) is 12.4 Å². The molecule has 30 heavy (non-hydrogen) atoms. The lowest BCUT2D eigenvalue weighted by Gasteiger charge is -2.16. The van der Waals surface area contributed by atoms with Gasteiger partial charge in [-0.3, -0.25) is 4.79 Å². The van der Waals surface area contributed by atoms with Crippen LogP contribution < -0.4 is 4.74 Å². The van der Waals surface area contributed by atoms with Crippen LogP contribution in [0.15, 0.2) is 52.3 Å². The summed E-state index contributed by atoms with van der Waals surface area (Å²) < 4.78 is 7.95. The Hall–Kier alpha value is -2.32. The van der Waals surface area contributed by atoms with Crippen LogP contribution in [0.4, 0.5) is 0 Å².